The van der Waals surface area contributed by atoms with Crippen LogP contribution in [0, 0.1) is 0 Å². The number of aromatic amines is 1. The van der Waals surface area contributed by atoms with Crippen LogP contribution in [0.25, 0.3) is 22.0 Å². The quantitative estimate of drug-likeness (QED) is 0.0838. The normalized spacial score (nSPS) is 11.5. The van der Waals surface area contributed by atoms with Gasteiger partial charge in [-0.05, 0) is 131 Å². The molecule has 0 bridgehead atoms. The fourth-order valence-electron chi connectivity index (χ4n) is 12.2. The molecule has 1 saturated heterocycles. The summed E-state index contributed by atoms with van der Waals surface area (Å²) in [6, 6.07) is 146. The predicted octanol–water partition coefficient (Wildman–Crippen LogP) is 16.4. The number of hydrogen-bond acceptors (Lipinski definition) is 3. The standard InChI is InChI=1S/C21H19N3O4.4C18H15P.Pd/c25-19-17(13-16-3-1-2-4-18(16)22-19)14-5-7-15(8-6-14)20(26)23-9-11-24(12-10-23)21(27)28;4*1-4-10-16(11-5-1)19(17-12-6-2-7-13-17)18-14-8-3-9-15-18;/h1-8,13H,9-12H2,(H,22,25)(H,27,28);4*1-15H;. The molecule has 2 heterocycles. The molecule has 15 aromatic rings. The minimum absolute atomic E-state index is 0. The summed E-state index contributed by atoms with van der Waals surface area (Å²) in [6.45, 7) is 1.37. The molecule has 16 rings (SSSR count). The van der Waals surface area contributed by atoms with Crippen LogP contribution < -0.4 is 69.2 Å². The fourth-order valence-corrected chi connectivity index (χ4v) is 21.4. The first-order chi connectivity index (χ1) is 51.3. The largest absolute Gasteiger partial charge is 0.465 e. The summed E-state index contributed by atoms with van der Waals surface area (Å²) in [6.07, 6.45) is -0.961. The molecule has 0 radical (unpaired) electrons. The van der Waals surface area contributed by atoms with E-state index in [4.69, 9.17) is 5.11 Å². The van der Waals surface area contributed by atoms with Crippen LogP contribution in [-0.4, -0.2) is 58.1 Å². The van der Waals surface area contributed by atoms with E-state index in [1.54, 1.807) is 29.2 Å². The summed E-state index contributed by atoms with van der Waals surface area (Å²) in [5, 5.41) is 26.7. The van der Waals surface area contributed by atoms with Gasteiger partial charge in [0.05, 0.1) is 0 Å². The van der Waals surface area contributed by atoms with Crippen molar-refractivity contribution in [2.24, 2.45) is 0 Å². The Hall–Kier alpha value is -10.6. The molecule has 7 nitrogen and oxygen atoms in total. The number of aromatic nitrogens is 1. The predicted molar refractivity (Wildman–Crippen MR) is 446 cm³/mol. The molecule has 1 aliphatic rings. The number of nitrogens with one attached hydrogen (secondary N) is 1. The Bertz CT molecular complexity index is 4240. The SMILES string of the molecule is O=C(O)N1CCN(C(=O)c2ccc(-c3cc4ccccc4[nH]c3=O)cc2)CC1.[Pd].c1ccc(P(c2ccccc2)c2ccccc2)cc1.c1ccc(P(c2ccccc2)c2ccccc2)cc1.c1ccc(P(c2ccccc2)c2ccccc2)cc1.c1ccc(P(c2ccccc2)c2ccccc2)cc1. The molecule has 1 fully saturated rings. The fraction of sp³-hybridized carbons (Fsp3) is 0.0430. The van der Waals surface area contributed by atoms with E-state index in [9.17, 15) is 14.4 Å². The van der Waals surface area contributed by atoms with Crippen molar-refractivity contribution in [1.82, 2.24) is 14.8 Å². The Morgan fingerprint density at radius 3 is 0.714 bits per heavy atom. The molecule has 2 amide bonds. The number of carbonyl (C=O) groups is 2. The summed E-state index contributed by atoms with van der Waals surface area (Å²) in [7, 11) is -1.78. The second kappa shape index (κ2) is 39.9. The van der Waals surface area contributed by atoms with E-state index in [0.29, 0.717) is 37.3 Å². The molecule has 14 aromatic carbocycles. The van der Waals surface area contributed by atoms with Gasteiger partial charge in [0, 0.05) is 63.2 Å². The Morgan fingerprint density at radius 1 is 0.276 bits per heavy atom. The maximum Gasteiger partial charge on any atom is 0.407 e. The van der Waals surface area contributed by atoms with Gasteiger partial charge in [-0.25, -0.2) is 4.79 Å². The molecule has 0 spiro atoms. The van der Waals surface area contributed by atoms with Crippen molar-refractivity contribution in [3.63, 3.8) is 0 Å². The van der Waals surface area contributed by atoms with E-state index < -0.39 is 37.8 Å². The molecule has 520 valence electrons. The Morgan fingerprint density at radius 2 is 0.486 bits per heavy atom. The van der Waals surface area contributed by atoms with Crippen molar-refractivity contribution in [1.29, 1.82) is 0 Å². The number of carbonyl (C=O) groups excluding carboxylic acids is 1. The molecule has 2 N–H and O–H groups in total. The van der Waals surface area contributed by atoms with Crippen LogP contribution in [0.5, 0.6) is 0 Å². The van der Waals surface area contributed by atoms with E-state index in [-0.39, 0.29) is 31.9 Å². The second-order valence-corrected chi connectivity index (χ2v) is 33.0. The van der Waals surface area contributed by atoms with E-state index >= 15 is 0 Å². The van der Waals surface area contributed by atoms with Crippen molar-refractivity contribution in [3.05, 3.63) is 434 Å². The van der Waals surface area contributed by atoms with Crippen LogP contribution in [0.1, 0.15) is 10.4 Å². The average Bonchev–Trinajstić information content (AvgIpc) is 0.927. The number of piperazine rings is 1. The third kappa shape index (κ3) is 21.1. The average molecular weight is 1530 g/mol. The Balaban J connectivity index is 0.000000132. The van der Waals surface area contributed by atoms with E-state index in [0.717, 1.165) is 16.5 Å². The summed E-state index contributed by atoms with van der Waals surface area (Å²) in [5.74, 6) is -0.135. The summed E-state index contributed by atoms with van der Waals surface area (Å²) < 4.78 is 0. The van der Waals surface area contributed by atoms with Gasteiger partial charge in [0.1, 0.15) is 0 Å². The van der Waals surface area contributed by atoms with Gasteiger partial charge in [-0.1, -0.05) is 394 Å². The number of benzene rings is 14. The molecule has 0 unspecified atom stereocenters. The number of H-pyrrole nitrogens is 1. The van der Waals surface area contributed by atoms with Gasteiger partial charge < -0.3 is 19.9 Å². The number of rotatable bonds is 14. The summed E-state index contributed by atoms with van der Waals surface area (Å²) >= 11 is 0. The van der Waals surface area contributed by atoms with Gasteiger partial charge in [-0.3, -0.25) is 9.59 Å². The first kappa shape index (κ1) is 75.6. The molecule has 1 aromatic heterocycles. The molecular weight excluding hydrogens is 1450 g/mol. The van der Waals surface area contributed by atoms with Crippen LogP contribution in [0.2, 0.25) is 0 Å². The molecule has 0 aliphatic carbocycles. The minimum Gasteiger partial charge on any atom is -0.465 e. The summed E-state index contributed by atoms with van der Waals surface area (Å²) in [5.41, 5.74) is 2.41. The van der Waals surface area contributed by atoms with Crippen molar-refractivity contribution in [2.75, 3.05) is 26.2 Å². The first-order valence-corrected chi connectivity index (χ1v) is 40.0. The molecule has 12 heteroatoms. The van der Waals surface area contributed by atoms with Crippen molar-refractivity contribution in [3.8, 4) is 11.1 Å². The topological polar surface area (TPSA) is 93.7 Å². The van der Waals surface area contributed by atoms with Gasteiger partial charge in [-0.15, -0.1) is 0 Å². The smallest absolute Gasteiger partial charge is 0.407 e. The molecule has 105 heavy (non-hydrogen) atoms. The van der Waals surface area contributed by atoms with Crippen LogP contribution in [-0.2, 0) is 20.4 Å². The number of fused-ring (bicyclic) bond motifs is 1. The van der Waals surface area contributed by atoms with Crippen LogP contribution in [0.15, 0.2) is 423 Å². The van der Waals surface area contributed by atoms with Gasteiger partial charge in [0.2, 0.25) is 0 Å². The van der Waals surface area contributed by atoms with Crippen LogP contribution >= 0.6 is 31.7 Å². The zero-order valence-electron chi connectivity index (χ0n) is 57.8. The molecule has 0 atom stereocenters. The van der Waals surface area contributed by atoms with Gasteiger partial charge >= 0.3 is 6.09 Å². The maximum absolute atomic E-state index is 12.7. The van der Waals surface area contributed by atoms with E-state index in [1.807, 2.05) is 30.3 Å². The van der Waals surface area contributed by atoms with Gasteiger partial charge in [0.25, 0.3) is 11.5 Å². The summed E-state index contributed by atoms with van der Waals surface area (Å²) in [4.78, 5) is 41.9. The van der Waals surface area contributed by atoms with Gasteiger partial charge in [-0.2, -0.15) is 0 Å². The molecular formula is C93H79N3O4P4Pd. The minimum atomic E-state index is -0.961. The number of para-hydroxylation sites is 1. The molecule has 0 saturated carbocycles. The first-order valence-electron chi connectivity index (χ1n) is 34.6. The Labute approximate surface area is 635 Å². The van der Waals surface area contributed by atoms with Crippen molar-refractivity contribution < 1.29 is 35.1 Å². The van der Waals surface area contributed by atoms with E-state index in [2.05, 4.69) is 369 Å². The number of hydrogen-bond donors (Lipinski definition) is 2. The molecule has 1 aliphatic heterocycles. The van der Waals surface area contributed by atoms with Crippen LogP contribution in [0.4, 0.5) is 4.79 Å². The number of pyridine rings is 1. The van der Waals surface area contributed by atoms with E-state index in [1.165, 1.54) is 68.6 Å². The third-order valence-electron chi connectivity index (χ3n) is 17.2. The van der Waals surface area contributed by atoms with Gasteiger partial charge in [0.15, 0.2) is 0 Å². The maximum atomic E-state index is 12.7. The zero-order chi connectivity index (χ0) is 71.3. The third-order valence-corrected chi connectivity index (χ3v) is 27.0. The van der Waals surface area contributed by atoms with Crippen molar-refractivity contribution in [2.45, 2.75) is 0 Å². The zero-order valence-corrected chi connectivity index (χ0v) is 63.0. The number of carboxylic acid groups (broad SMARTS) is 1. The monoisotopic (exact) mass is 1530 g/mol. The number of amides is 2. The Kier molecular flexibility index (Phi) is 28.7. The van der Waals surface area contributed by atoms with Crippen LogP contribution in [0.3, 0.4) is 0 Å². The van der Waals surface area contributed by atoms with Crippen molar-refractivity contribution >= 4 is 118 Å². The second-order valence-electron chi connectivity index (χ2n) is 24.1. The number of nitrogens with zero attached hydrogens (tertiary/aromatic N) is 2.